The number of nitrogens with zero attached hydrogens (tertiary/aromatic N) is 4. The standard InChI is InChI=1S/C17H23N5O4/c1-10-16(12(3)23)11(2)22(20-10)9-15(24)18-7-6-14-19-17(26-21-14)13-5-4-8-25-13/h13H,4-9H2,1-3H3,(H,18,24)/t13-/m1/s1. The lowest BCUT2D eigenvalue weighted by atomic mass is 10.1. The molecule has 26 heavy (non-hydrogen) atoms. The second kappa shape index (κ2) is 7.77. The third-order valence-electron chi connectivity index (χ3n) is 4.39. The molecule has 1 aliphatic heterocycles. The molecule has 1 amide bonds. The highest BCUT2D eigenvalue weighted by Crippen LogP contribution is 2.26. The Morgan fingerprint density at radius 1 is 1.35 bits per heavy atom. The molecule has 1 aliphatic rings. The number of hydrogen-bond donors (Lipinski definition) is 1. The Morgan fingerprint density at radius 3 is 2.81 bits per heavy atom. The van der Waals surface area contributed by atoms with Gasteiger partial charge in [0.2, 0.25) is 5.91 Å². The molecule has 1 fully saturated rings. The van der Waals surface area contributed by atoms with E-state index >= 15 is 0 Å². The minimum atomic E-state index is -0.187. The summed E-state index contributed by atoms with van der Waals surface area (Å²) in [5.41, 5.74) is 1.91. The average Bonchev–Trinajstić information content (AvgIpc) is 3.29. The smallest absolute Gasteiger partial charge is 0.255 e. The van der Waals surface area contributed by atoms with Crippen LogP contribution >= 0.6 is 0 Å². The quantitative estimate of drug-likeness (QED) is 0.740. The number of hydrogen-bond acceptors (Lipinski definition) is 7. The zero-order valence-corrected chi connectivity index (χ0v) is 15.2. The lowest BCUT2D eigenvalue weighted by molar-refractivity contribution is -0.121. The molecule has 2 aromatic heterocycles. The maximum Gasteiger partial charge on any atom is 0.255 e. The van der Waals surface area contributed by atoms with Gasteiger partial charge in [0.15, 0.2) is 11.6 Å². The van der Waals surface area contributed by atoms with Gasteiger partial charge in [-0.05, 0) is 33.6 Å². The van der Waals surface area contributed by atoms with E-state index in [1.54, 1.807) is 18.5 Å². The van der Waals surface area contributed by atoms with Gasteiger partial charge in [0.05, 0.1) is 11.3 Å². The normalized spacial score (nSPS) is 16.8. The number of aromatic nitrogens is 4. The largest absolute Gasteiger partial charge is 0.368 e. The molecule has 3 rings (SSSR count). The van der Waals surface area contributed by atoms with Crippen LogP contribution in [-0.4, -0.2) is 44.8 Å². The van der Waals surface area contributed by atoms with Crippen molar-refractivity contribution in [3.63, 3.8) is 0 Å². The number of ether oxygens (including phenoxy) is 1. The van der Waals surface area contributed by atoms with Gasteiger partial charge in [-0.15, -0.1) is 0 Å². The highest BCUT2D eigenvalue weighted by molar-refractivity contribution is 5.96. The highest BCUT2D eigenvalue weighted by Gasteiger charge is 2.23. The maximum atomic E-state index is 12.1. The summed E-state index contributed by atoms with van der Waals surface area (Å²) in [6, 6.07) is 0. The number of aryl methyl sites for hydroxylation is 1. The predicted molar refractivity (Wildman–Crippen MR) is 90.6 cm³/mol. The minimum Gasteiger partial charge on any atom is -0.368 e. The molecule has 0 unspecified atom stereocenters. The van der Waals surface area contributed by atoms with Crippen LogP contribution in [0.15, 0.2) is 4.52 Å². The SMILES string of the molecule is CC(=O)c1c(C)nn(CC(=O)NCCc2noc([C@H]3CCCO3)n2)c1C. The maximum absolute atomic E-state index is 12.1. The number of carbonyl (C=O) groups is 2. The molecule has 0 spiro atoms. The van der Waals surface area contributed by atoms with E-state index in [4.69, 9.17) is 9.26 Å². The van der Waals surface area contributed by atoms with E-state index in [2.05, 4.69) is 20.6 Å². The van der Waals surface area contributed by atoms with Gasteiger partial charge in [0, 0.05) is 25.3 Å². The third-order valence-corrected chi connectivity index (χ3v) is 4.39. The van der Waals surface area contributed by atoms with E-state index < -0.39 is 0 Å². The van der Waals surface area contributed by atoms with E-state index in [0.717, 1.165) is 19.4 Å². The summed E-state index contributed by atoms with van der Waals surface area (Å²) in [5, 5.41) is 11.0. The van der Waals surface area contributed by atoms with Crippen LogP contribution in [0.4, 0.5) is 0 Å². The summed E-state index contributed by atoms with van der Waals surface area (Å²) in [5.74, 6) is 0.809. The Balaban J connectivity index is 1.49. The molecular weight excluding hydrogens is 338 g/mol. The number of amides is 1. The lowest BCUT2D eigenvalue weighted by Gasteiger charge is -2.06. The summed E-state index contributed by atoms with van der Waals surface area (Å²) in [6.07, 6.45) is 2.25. The van der Waals surface area contributed by atoms with Crippen molar-refractivity contribution >= 4 is 11.7 Å². The number of rotatable bonds is 7. The molecule has 0 radical (unpaired) electrons. The van der Waals surface area contributed by atoms with Gasteiger partial charge in [0.1, 0.15) is 12.6 Å². The zero-order chi connectivity index (χ0) is 18.7. The topological polar surface area (TPSA) is 112 Å². The van der Waals surface area contributed by atoms with E-state index in [1.165, 1.54) is 6.92 Å². The zero-order valence-electron chi connectivity index (χ0n) is 15.2. The van der Waals surface area contributed by atoms with Gasteiger partial charge in [-0.25, -0.2) is 0 Å². The van der Waals surface area contributed by atoms with Crippen molar-refractivity contribution in [2.45, 2.75) is 52.7 Å². The van der Waals surface area contributed by atoms with E-state index in [0.29, 0.717) is 41.6 Å². The fraction of sp³-hybridized carbons (Fsp3) is 0.588. The van der Waals surface area contributed by atoms with Gasteiger partial charge < -0.3 is 14.6 Å². The summed E-state index contributed by atoms with van der Waals surface area (Å²) in [6.45, 7) is 6.22. The Morgan fingerprint density at radius 2 is 2.15 bits per heavy atom. The predicted octanol–water partition coefficient (Wildman–Crippen LogP) is 1.30. The Kier molecular flexibility index (Phi) is 5.46. The summed E-state index contributed by atoms with van der Waals surface area (Å²) < 4.78 is 12.3. The van der Waals surface area contributed by atoms with Gasteiger partial charge in [-0.1, -0.05) is 5.16 Å². The van der Waals surface area contributed by atoms with Gasteiger partial charge in [-0.3, -0.25) is 14.3 Å². The minimum absolute atomic E-state index is 0.0502. The molecule has 0 bridgehead atoms. The fourth-order valence-corrected chi connectivity index (χ4v) is 3.14. The van der Waals surface area contributed by atoms with Crippen molar-refractivity contribution in [3.8, 4) is 0 Å². The number of nitrogens with one attached hydrogen (secondary N) is 1. The van der Waals surface area contributed by atoms with Gasteiger partial charge >= 0.3 is 0 Å². The first kappa shape index (κ1) is 18.2. The first-order chi connectivity index (χ1) is 12.5. The monoisotopic (exact) mass is 361 g/mol. The van der Waals surface area contributed by atoms with Crippen LogP contribution in [0.2, 0.25) is 0 Å². The van der Waals surface area contributed by atoms with Crippen molar-refractivity contribution in [3.05, 3.63) is 28.7 Å². The molecule has 0 saturated carbocycles. The van der Waals surface area contributed by atoms with Crippen LogP contribution in [0.3, 0.4) is 0 Å². The second-order valence-electron chi connectivity index (χ2n) is 6.41. The van der Waals surface area contributed by atoms with Crippen LogP contribution in [0, 0.1) is 13.8 Å². The molecule has 1 N–H and O–H groups in total. The highest BCUT2D eigenvalue weighted by atomic mass is 16.5. The molecule has 0 aromatic carbocycles. The molecule has 140 valence electrons. The van der Waals surface area contributed by atoms with Crippen molar-refractivity contribution in [2.75, 3.05) is 13.2 Å². The molecule has 1 saturated heterocycles. The number of ketones is 1. The van der Waals surface area contributed by atoms with Crippen molar-refractivity contribution in [2.24, 2.45) is 0 Å². The van der Waals surface area contributed by atoms with Crippen LogP contribution in [0.5, 0.6) is 0 Å². The van der Waals surface area contributed by atoms with E-state index in [-0.39, 0.29) is 24.3 Å². The Bertz CT molecular complexity index is 804. The molecule has 9 heteroatoms. The third kappa shape index (κ3) is 3.98. The Hall–Kier alpha value is -2.55. The summed E-state index contributed by atoms with van der Waals surface area (Å²) in [4.78, 5) is 28.1. The first-order valence-electron chi connectivity index (χ1n) is 8.71. The molecule has 1 atom stereocenters. The van der Waals surface area contributed by atoms with Crippen molar-refractivity contribution in [1.29, 1.82) is 0 Å². The number of Topliss-reactive ketones (excluding diaryl/α,β-unsaturated/α-hetero) is 1. The Labute approximate surface area is 151 Å². The average molecular weight is 361 g/mol. The van der Waals surface area contributed by atoms with Gasteiger partial charge in [-0.2, -0.15) is 10.1 Å². The van der Waals surface area contributed by atoms with Crippen LogP contribution in [-0.2, 0) is 22.5 Å². The van der Waals surface area contributed by atoms with Crippen LogP contribution in [0.1, 0.15) is 59.3 Å². The van der Waals surface area contributed by atoms with Crippen molar-refractivity contribution < 1.29 is 18.8 Å². The molecule has 9 nitrogen and oxygen atoms in total. The lowest BCUT2D eigenvalue weighted by Crippen LogP contribution is -2.30. The number of carbonyl (C=O) groups excluding carboxylic acids is 2. The molecular formula is C17H23N5O4. The van der Waals surface area contributed by atoms with Gasteiger partial charge in [0.25, 0.3) is 5.89 Å². The fourth-order valence-electron chi connectivity index (χ4n) is 3.14. The van der Waals surface area contributed by atoms with Crippen LogP contribution < -0.4 is 5.32 Å². The molecule has 2 aromatic rings. The summed E-state index contributed by atoms with van der Waals surface area (Å²) in [7, 11) is 0. The van der Waals surface area contributed by atoms with E-state index in [1.807, 2.05) is 0 Å². The summed E-state index contributed by atoms with van der Waals surface area (Å²) >= 11 is 0. The van der Waals surface area contributed by atoms with Crippen molar-refractivity contribution in [1.82, 2.24) is 25.2 Å². The van der Waals surface area contributed by atoms with Crippen LogP contribution in [0.25, 0.3) is 0 Å². The van der Waals surface area contributed by atoms with E-state index in [9.17, 15) is 9.59 Å². The second-order valence-corrected chi connectivity index (χ2v) is 6.41. The first-order valence-corrected chi connectivity index (χ1v) is 8.71. The molecule has 0 aliphatic carbocycles. The molecule has 3 heterocycles.